The second-order valence-corrected chi connectivity index (χ2v) is 6.17. The molecule has 0 saturated carbocycles. The molecule has 5 heteroatoms. The predicted molar refractivity (Wildman–Crippen MR) is 92.9 cm³/mol. The van der Waals surface area contributed by atoms with E-state index in [9.17, 15) is 0 Å². The molecule has 23 heavy (non-hydrogen) atoms. The van der Waals surface area contributed by atoms with Crippen LogP contribution in [0.25, 0.3) is 16.7 Å². The Morgan fingerprint density at radius 3 is 2.48 bits per heavy atom. The zero-order valence-electron chi connectivity index (χ0n) is 14.2. The molecule has 0 radical (unpaired) electrons. The molecule has 0 saturated heterocycles. The van der Waals surface area contributed by atoms with Gasteiger partial charge in [-0.1, -0.05) is 18.2 Å². The number of hydrogen-bond donors (Lipinski definition) is 1. The van der Waals surface area contributed by atoms with Crippen LogP contribution in [0.15, 0.2) is 36.7 Å². The molecule has 1 N–H and O–H groups in total. The third-order valence-electron chi connectivity index (χ3n) is 4.33. The van der Waals surface area contributed by atoms with Crippen LogP contribution in [0.5, 0.6) is 0 Å². The van der Waals surface area contributed by atoms with E-state index in [1.807, 2.05) is 36.9 Å². The van der Waals surface area contributed by atoms with E-state index in [0.29, 0.717) is 5.49 Å². The summed E-state index contributed by atoms with van der Waals surface area (Å²) in [6, 6.07) is 10.2. The molecule has 120 valence electrons. The number of para-hydroxylation sites is 1. The van der Waals surface area contributed by atoms with E-state index in [4.69, 9.17) is 5.41 Å². The van der Waals surface area contributed by atoms with E-state index in [1.54, 1.807) is 6.33 Å². The fourth-order valence-corrected chi connectivity index (χ4v) is 2.89. The van der Waals surface area contributed by atoms with Gasteiger partial charge < -0.3 is 9.47 Å². The number of nitrogens with one attached hydrogen (secondary N) is 1. The highest BCUT2D eigenvalue weighted by Gasteiger charge is 2.16. The van der Waals surface area contributed by atoms with Gasteiger partial charge in [-0.25, -0.2) is 4.98 Å². The number of aromatic nitrogens is 3. The number of likely N-dealkylation sites (N-methyl/N-ethyl adjacent to an activating group) is 1. The van der Waals surface area contributed by atoms with Crippen LogP contribution in [-0.4, -0.2) is 39.7 Å². The van der Waals surface area contributed by atoms with Crippen LogP contribution >= 0.6 is 0 Å². The van der Waals surface area contributed by atoms with Crippen molar-refractivity contribution in [1.82, 2.24) is 19.0 Å². The van der Waals surface area contributed by atoms with Gasteiger partial charge in [0.05, 0.1) is 11.7 Å². The number of nitrogens with zero attached hydrogens (tertiary/aromatic N) is 4. The van der Waals surface area contributed by atoms with Gasteiger partial charge in [0.15, 0.2) is 0 Å². The van der Waals surface area contributed by atoms with Crippen molar-refractivity contribution >= 4 is 11.0 Å². The van der Waals surface area contributed by atoms with Crippen molar-refractivity contribution < 1.29 is 0 Å². The molecule has 0 aliphatic carbocycles. The zero-order chi connectivity index (χ0) is 16.6. The smallest absolute Gasteiger partial charge is 0.150 e. The van der Waals surface area contributed by atoms with Crippen molar-refractivity contribution in [3.05, 3.63) is 53.4 Å². The van der Waals surface area contributed by atoms with E-state index < -0.39 is 0 Å². The summed E-state index contributed by atoms with van der Waals surface area (Å²) in [6.07, 6.45) is 1.78. The third-order valence-corrected chi connectivity index (χ3v) is 4.33. The first-order chi connectivity index (χ1) is 11.0. The lowest BCUT2D eigenvalue weighted by atomic mass is 10.2. The van der Waals surface area contributed by atoms with Crippen molar-refractivity contribution in [3.63, 3.8) is 0 Å². The standard InChI is InChI=1S/C18H23N5/c1-13-14(2)23(15-8-6-5-7-9-15)18-16(13)17(19)22(12-20-18)11-10-21(3)4/h5-9,12,19H,10-11H2,1-4H3. The number of benzene rings is 1. The third kappa shape index (κ3) is 2.68. The van der Waals surface area contributed by atoms with Gasteiger partial charge in [0, 0.05) is 24.5 Å². The molecule has 2 aromatic heterocycles. The zero-order valence-corrected chi connectivity index (χ0v) is 14.2. The summed E-state index contributed by atoms with van der Waals surface area (Å²) in [5, 5.41) is 9.53. The van der Waals surface area contributed by atoms with Crippen molar-refractivity contribution in [3.8, 4) is 5.69 Å². The second-order valence-electron chi connectivity index (χ2n) is 6.17. The molecule has 0 atom stereocenters. The highest BCUT2D eigenvalue weighted by molar-refractivity contribution is 5.82. The maximum atomic E-state index is 8.59. The van der Waals surface area contributed by atoms with E-state index >= 15 is 0 Å². The fourth-order valence-electron chi connectivity index (χ4n) is 2.89. The van der Waals surface area contributed by atoms with Gasteiger partial charge in [-0.05, 0) is 45.6 Å². The molecular weight excluding hydrogens is 286 g/mol. The molecular formula is C18H23N5. The predicted octanol–water partition coefficient (Wildman–Crippen LogP) is 2.48. The molecule has 0 bridgehead atoms. The van der Waals surface area contributed by atoms with Crippen LogP contribution in [0.4, 0.5) is 0 Å². The molecule has 5 nitrogen and oxygen atoms in total. The quantitative estimate of drug-likeness (QED) is 0.805. The summed E-state index contributed by atoms with van der Waals surface area (Å²) < 4.78 is 4.06. The minimum atomic E-state index is 0.534. The Bertz CT molecular complexity index is 887. The topological polar surface area (TPSA) is 49.8 Å². The van der Waals surface area contributed by atoms with Gasteiger partial charge in [0.2, 0.25) is 0 Å². The minimum Gasteiger partial charge on any atom is -0.316 e. The average molecular weight is 309 g/mol. The van der Waals surface area contributed by atoms with Crippen LogP contribution in [0.3, 0.4) is 0 Å². The Morgan fingerprint density at radius 1 is 1.13 bits per heavy atom. The molecule has 0 amide bonds. The maximum Gasteiger partial charge on any atom is 0.150 e. The molecule has 0 spiro atoms. The van der Waals surface area contributed by atoms with Crippen LogP contribution < -0.4 is 5.49 Å². The Balaban J connectivity index is 2.21. The van der Waals surface area contributed by atoms with Crippen LogP contribution in [0, 0.1) is 19.3 Å². The monoisotopic (exact) mass is 309 g/mol. The van der Waals surface area contributed by atoms with Crippen molar-refractivity contribution in [2.24, 2.45) is 0 Å². The Kier molecular flexibility index (Phi) is 4.05. The summed E-state index contributed by atoms with van der Waals surface area (Å²) in [6.45, 7) is 5.83. The molecule has 0 aliphatic heterocycles. The largest absolute Gasteiger partial charge is 0.316 e. The minimum absolute atomic E-state index is 0.534. The second kappa shape index (κ2) is 6.01. The van der Waals surface area contributed by atoms with Gasteiger partial charge in [-0.2, -0.15) is 0 Å². The molecule has 0 unspecified atom stereocenters. The van der Waals surface area contributed by atoms with Gasteiger partial charge in [0.25, 0.3) is 0 Å². The Hall–Kier alpha value is -2.40. The first kappa shape index (κ1) is 15.5. The lowest BCUT2D eigenvalue weighted by Crippen LogP contribution is -2.27. The number of rotatable bonds is 4. The summed E-state index contributed by atoms with van der Waals surface area (Å²) in [4.78, 5) is 6.78. The van der Waals surface area contributed by atoms with E-state index in [2.05, 4.69) is 40.4 Å². The van der Waals surface area contributed by atoms with Crippen molar-refractivity contribution in [2.75, 3.05) is 20.6 Å². The SMILES string of the molecule is Cc1c(C)n(-c2ccccc2)c2ncn(CCN(C)C)c(=N)c12. The van der Waals surface area contributed by atoms with Crippen LogP contribution in [0.1, 0.15) is 11.3 Å². The first-order valence-electron chi connectivity index (χ1n) is 7.82. The van der Waals surface area contributed by atoms with E-state index in [-0.39, 0.29) is 0 Å². The lowest BCUT2D eigenvalue weighted by Gasteiger charge is -2.12. The lowest BCUT2D eigenvalue weighted by molar-refractivity contribution is 0.379. The first-order valence-corrected chi connectivity index (χ1v) is 7.82. The Morgan fingerprint density at radius 2 is 1.83 bits per heavy atom. The molecule has 2 heterocycles. The number of fused-ring (bicyclic) bond motifs is 1. The van der Waals surface area contributed by atoms with E-state index in [1.165, 1.54) is 0 Å². The van der Waals surface area contributed by atoms with Crippen LogP contribution in [0.2, 0.25) is 0 Å². The Labute approximate surface area is 136 Å². The maximum absolute atomic E-state index is 8.59. The molecule has 0 fully saturated rings. The molecule has 1 aromatic carbocycles. The van der Waals surface area contributed by atoms with E-state index in [0.717, 1.165) is 41.1 Å². The highest BCUT2D eigenvalue weighted by atomic mass is 15.1. The summed E-state index contributed by atoms with van der Waals surface area (Å²) in [5.74, 6) is 0. The van der Waals surface area contributed by atoms with Crippen molar-refractivity contribution in [2.45, 2.75) is 20.4 Å². The van der Waals surface area contributed by atoms with Gasteiger partial charge >= 0.3 is 0 Å². The average Bonchev–Trinajstić information content (AvgIpc) is 2.79. The summed E-state index contributed by atoms with van der Waals surface area (Å²) in [5.41, 5.74) is 4.74. The van der Waals surface area contributed by atoms with Crippen molar-refractivity contribution in [1.29, 1.82) is 5.41 Å². The molecule has 3 rings (SSSR count). The molecule has 3 aromatic rings. The van der Waals surface area contributed by atoms with Gasteiger partial charge in [-0.3, -0.25) is 9.98 Å². The number of aryl methyl sites for hydroxylation is 1. The summed E-state index contributed by atoms with van der Waals surface area (Å²) in [7, 11) is 4.08. The van der Waals surface area contributed by atoms with Gasteiger partial charge in [-0.15, -0.1) is 0 Å². The number of hydrogen-bond acceptors (Lipinski definition) is 3. The fraction of sp³-hybridized carbons (Fsp3) is 0.333. The van der Waals surface area contributed by atoms with Gasteiger partial charge in [0.1, 0.15) is 11.1 Å². The normalized spacial score (nSPS) is 11.5. The molecule has 0 aliphatic rings. The highest BCUT2D eigenvalue weighted by Crippen LogP contribution is 2.24. The van der Waals surface area contributed by atoms with Crippen LogP contribution in [-0.2, 0) is 6.54 Å². The summed E-state index contributed by atoms with van der Waals surface area (Å²) >= 11 is 0.